The molecule has 4 aromatic rings. The van der Waals surface area contributed by atoms with Gasteiger partial charge in [-0.3, -0.25) is 4.98 Å². The number of aliphatic hydroxyl groups excluding tert-OH is 1. The summed E-state index contributed by atoms with van der Waals surface area (Å²) >= 11 is 0. The molecule has 44 heavy (non-hydrogen) atoms. The fraction of sp³-hybridized carbons (Fsp3) is 0.324. The molecule has 230 valence electrons. The minimum atomic E-state index is -3.53. The molecular weight excluding hydrogens is 568 g/mol. The molecule has 0 aliphatic carbocycles. The molecule has 1 fully saturated rings. The van der Waals surface area contributed by atoms with Gasteiger partial charge in [0.1, 0.15) is 24.5 Å². The van der Waals surface area contributed by atoms with Crippen LogP contribution in [0.15, 0.2) is 108 Å². The van der Waals surface area contributed by atoms with Crippen molar-refractivity contribution in [2.45, 2.75) is 44.1 Å². The van der Waals surface area contributed by atoms with Crippen molar-refractivity contribution in [3.05, 3.63) is 126 Å². The smallest absolute Gasteiger partial charge is 0.313 e. The Balaban J connectivity index is 1.38. The van der Waals surface area contributed by atoms with Crippen LogP contribution in [0.4, 0.5) is 14.6 Å². The van der Waals surface area contributed by atoms with Crippen LogP contribution < -0.4 is 0 Å². The van der Waals surface area contributed by atoms with Crippen LogP contribution in [-0.2, 0) is 44.7 Å². The van der Waals surface area contributed by atoms with E-state index in [0.29, 0.717) is 19.8 Å². The number of aliphatic imine (C=N–C) groups is 1. The predicted octanol–water partition coefficient (Wildman–Crippen LogP) is 5.67. The molecule has 0 amide bonds. The summed E-state index contributed by atoms with van der Waals surface area (Å²) < 4.78 is 53.5. The Hall–Kier alpha value is -3.93. The van der Waals surface area contributed by atoms with Crippen LogP contribution in [-0.4, -0.2) is 59.4 Å². The number of alkyl halides is 2. The van der Waals surface area contributed by atoms with Crippen LogP contribution in [0.5, 0.6) is 0 Å². The number of hydrogen-bond donors (Lipinski definition) is 1. The van der Waals surface area contributed by atoms with E-state index in [4.69, 9.17) is 24.1 Å². The molecule has 4 atom stereocenters. The highest BCUT2D eigenvalue weighted by molar-refractivity contribution is 5.65. The van der Waals surface area contributed by atoms with Crippen molar-refractivity contribution in [3.8, 4) is 0 Å². The minimum Gasteiger partial charge on any atom is -0.390 e. The fourth-order valence-corrected chi connectivity index (χ4v) is 4.82. The number of hydrogen-bond acceptors (Lipinski definition) is 8. The topological polar surface area (TPSA) is 95.3 Å². The van der Waals surface area contributed by atoms with Gasteiger partial charge < -0.3 is 24.1 Å². The predicted molar refractivity (Wildman–Crippen MR) is 161 cm³/mol. The maximum Gasteiger partial charge on any atom is 0.313 e. The number of halogens is 2. The van der Waals surface area contributed by atoms with Gasteiger partial charge in [-0.2, -0.15) is 8.78 Å². The molecule has 0 radical (unpaired) electrons. The monoisotopic (exact) mass is 603 g/mol. The molecule has 1 unspecified atom stereocenters. The normalized spacial score (nSPS) is 20.6. The van der Waals surface area contributed by atoms with E-state index < -0.39 is 42.5 Å². The summed E-state index contributed by atoms with van der Waals surface area (Å²) in [7, 11) is 0. The Kier molecular flexibility index (Phi) is 11.2. The second-order valence-corrected chi connectivity index (χ2v) is 10.5. The third-order valence-corrected chi connectivity index (χ3v) is 7.17. The van der Waals surface area contributed by atoms with Crippen LogP contribution >= 0.6 is 0 Å². The Morgan fingerprint density at radius 1 is 0.818 bits per heavy atom. The molecule has 1 aliphatic rings. The largest absolute Gasteiger partial charge is 0.390 e. The van der Waals surface area contributed by atoms with Gasteiger partial charge in [0, 0.05) is 12.1 Å². The molecule has 1 N–H and O–H groups in total. The van der Waals surface area contributed by atoms with Gasteiger partial charge in [-0.15, -0.1) is 0 Å². The first kappa shape index (κ1) is 31.5. The van der Waals surface area contributed by atoms with E-state index in [1.54, 1.807) is 6.21 Å². The lowest BCUT2D eigenvalue weighted by Gasteiger charge is -2.41. The zero-order valence-electron chi connectivity index (χ0n) is 24.1. The average molecular weight is 604 g/mol. The Bertz CT molecular complexity index is 1450. The van der Waals surface area contributed by atoms with Gasteiger partial charge in [0.25, 0.3) is 0 Å². The van der Waals surface area contributed by atoms with E-state index in [0.717, 1.165) is 22.9 Å². The molecular formula is C34H35F2N3O5. The number of ether oxygens (including phenoxy) is 4. The summed E-state index contributed by atoms with van der Waals surface area (Å²) in [4.78, 5) is 12.1. The summed E-state index contributed by atoms with van der Waals surface area (Å²) in [6, 6.07) is 29.5. The molecule has 1 aromatic heterocycles. The van der Waals surface area contributed by atoms with Gasteiger partial charge in [0.2, 0.25) is 0 Å². The van der Waals surface area contributed by atoms with Gasteiger partial charge in [0.05, 0.1) is 51.5 Å². The van der Waals surface area contributed by atoms with Crippen LogP contribution in [0.2, 0.25) is 0 Å². The standard InChI is InChI=1S/C34H35F2N3O5/c35-34(36,24-40)30-17-37-18-31(39-30)38-16-28-22-42-29(23-41-19-25-10-4-1-5-11-25)33(44-21-27-14-8-3-9-15-27)32(28)43-20-26-12-6-2-7-13-26/h1-18,28-29,32-33,40H,19-24H2/t28?,29-,32-,33+/m1/s1. The van der Waals surface area contributed by atoms with Crippen molar-refractivity contribution in [2.24, 2.45) is 10.9 Å². The highest BCUT2D eigenvalue weighted by Gasteiger charge is 2.42. The number of nitrogens with zero attached hydrogens (tertiary/aromatic N) is 3. The first-order valence-corrected chi connectivity index (χ1v) is 14.4. The van der Waals surface area contributed by atoms with Crippen LogP contribution in [0.25, 0.3) is 0 Å². The quantitative estimate of drug-likeness (QED) is 0.186. The highest BCUT2D eigenvalue weighted by atomic mass is 19.3. The maximum absolute atomic E-state index is 14.0. The van der Waals surface area contributed by atoms with Crippen molar-refractivity contribution >= 4 is 12.0 Å². The lowest BCUT2D eigenvalue weighted by molar-refractivity contribution is -0.208. The van der Waals surface area contributed by atoms with Crippen LogP contribution in [0, 0.1) is 5.92 Å². The average Bonchev–Trinajstić information content (AvgIpc) is 3.07. The van der Waals surface area contributed by atoms with E-state index in [-0.39, 0.29) is 19.0 Å². The van der Waals surface area contributed by atoms with Crippen molar-refractivity contribution < 1.29 is 32.8 Å². The summed E-state index contributed by atoms with van der Waals surface area (Å²) in [6.45, 7) is 0.176. The molecule has 0 saturated carbocycles. The Morgan fingerprint density at radius 2 is 1.39 bits per heavy atom. The lowest BCUT2D eigenvalue weighted by Crippen LogP contribution is -2.54. The Morgan fingerprint density at radius 3 is 1.98 bits per heavy atom. The maximum atomic E-state index is 14.0. The SMILES string of the molecule is OCC(F)(F)c1cncc(N=CC2CO[C@H](COCc3ccccc3)[C@H](OCc3ccccc3)[C@@H]2OCc2ccccc2)n1. The number of aliphatic hydroxyl groups is 1. The molecule has 0 bridgehead atoms. The van der Waals surface area contributed by atoms with E-state index in [1.165, 1.54) is 6.20 Å². The van der Waals surface area contributed by atoms with Gasteiger partial charge in [-0.25, -0.2) is 9.98 Å². The molecule has 2 heterocycles. The van der Waals surface area contributed by atoms with E-state index in [1.807, 2.05) is 91.0 Å². The van der Waals surface area contributed by atoms with Gasteiger partial charge >= 0.3 is 5.92 Å². The third kappa shape index (κ3) is 8.81. The second kappa shape index (κ2) is 15.7. The molecule has 8 nitrogen and oxygen atoms in total. The van der Waals surface area contributed by atoms with Crippen molar-refractivity contribution in [1.29, 1.82) is 0 Å². The molecule has 1 aliphatic heterocycles. The number of benzene rings is 3. The van der Waals surface area contributed by atoms with Crippen molar-refractivity contribution in [1.82, 2.24) is 9.97 Å². The second-order valence-electron chi connectivity index (χ2n) is 10.5. The van der Waals surface area contributed by atoms with Gasteiger partial charge in [-0.1, -0.05) is 91.0 Å². The summed E-state index contributed by atoms with van der Waals surface area (Å²) in [5.41, 5.74) is 2.36. The highest BCUT2D eigenvalue weighted by Crippen LogP contribution is 2.29. The van der Waals surface area contributed by atoms with E-state index in [2.05, 4.69) is 15.0 Å². The summed E-state index contributed by atoms with van der Waals surface area (Å²) in [6.07, 6.45) is 2.27. The van der Waals surface area contributed by atoms with Crippen molar-refractivity contribution in [3.63, 3.8) is 0 Å². The first-order chi connectivity index (χ1) is 21.5. The van der Waals surface area contributed by atoms with Crippen molar-refractivity contribution in [2.75, 3.05) is 19.8 Å². The zero-order valence-corrected chi connectivity index (χ0v) is 24.1. The van der Waals surface area contributed by atoms with E-state index >= 15 is 0 Å². The molecule has 0 spiro atoms. The molecule has 1 saturated heterocycles. The molecule has 3 aromatic carbocycles. The van der Waals surface area contributed by atoms with Crippen LogP contribution in [0.1, 0.15) is 22.4 Å². The van der Waals surface area contributed by atoms with Gasteiger partial charge in [-0.05, 0) is 16.7 Å². The fourth-order valence-electron chi connectivity index (χ4n) is 4.82. The lowest BCUT2D eigenvalue weighted by atomic mass is 9.92. The van der Waals surface area contributed by atoms with Gasteiger partial charge in [0.15, 0.2) is 5.82 Å². The van der Waals surface area contributed by atoms with E-state index in [9.17, 15) is 8.78 Å². The zero-order chi connectivity index (χ0) is 30.6. The number of aromatic nitrogens is 2. The molecule has 5 rings (SSSR count). The van der Waals surface area contributed by atoms with Crippen LogP contribution in [0.3, 0.4) is 0 Å². The number of rotatable bonds is 14. The molecule has 10 heteroatoms. The summed E-state index contributed by atoms with van der Waals surface area (Å²) in [5.74, 6) is -3.96. The first-order valence-electron chi connectivity index (χ1n) is 14.4. The third-order valence-electron chi connectivity index (χ3n) is 7.17. The summed E-state index contributed by atoms with van der Waals surface area (Å²) in [5, 5.41) is 9.06. The minimum absolute atomic E-state index is 0.0208. The Labute approximate surface area is 255 Å².